The minimum atomic E-state index is -0.554. The van der Waals surface area contributed by atoms with Gasteiger partial charge < -0.3 is 14.2 Å². The molecule has 2 rings (SSSR count). The number of ether oxygens (including phenoxy) is 3. The van der Waals surface area contributed by atoms with Crippen molar-refractivity contribution in [3.05, 3.63) is 53.1 Å². The molecule has 0 aromatic heterocycles. The van der Waals surface area contributed by atoms with E-state index in [4.69, 9.17) is 25.8 Å². The Labute approximate surface area is 149 Å². The zero-order valence-electron chi connectivity index (χ0n) is 13.7. The van der Waals surface area contributed by atoms with Gasteiger partial charge in [0.25, 0.3) is 11.8 Å². The summed E-state index contributed by atoms with van der Waals surface area (Å²) < 4.78 is 15.6. The Hall–Kier alpha value is -2.93. The molecule has 0 aliphatic rings. The fraction of sp³-hybridized carbons (Fsp3) is 0.176. The minimum Gasteiger partial charge on any atom is -0.493 e. The van der Waals surface area contributed by atoms with E-state index < -0.39 is 11.8 Å². The smallest absolute Gasteiger partial charge is 0.276 e. The molecule has 0 heterocycles. The summed E-state index contributed by atoms with van der Waals surface area (Å²) in [6.45, 7) is -0.306. The third-order valence-corrected chi connectivity index (χ3v) is 3.47. The van der Waals surface area contributed by atoms with Crippen molar-refractivity contribution >= 4 is 23.4 Å². The number of hydrazine groups is 1. The average molecular weight is 365 g/mol. The number of para-hydroxylation sites is 2. The second-order valence-corrected chi connectivity index (χ2v) is 5.17. The summed E-state index contributed by atoms with van der Waals surface area (Å²) in [6, 6.07) is 11.6. The maximum atomic E-state index is 12.2. The summed E-state index contributed by atoms with van der Waals surface area (Å²) in [5, 5.41) is 0.389. The monoisotopic (exact) mass is 364 g/mol. The van der Waals surface area contributed by atoms with E-state index in [1.807, 2.05) is 0 Å². The molecule has 132 valence electrons. The van der Waals surface area contributed by atoms with E-state index in [1.165, 1.54) is 14.2 Å². The van der Waals surface area contributed by atoms with Gasteiger partial charge in [-0.25, -0.2) is 0 Å². The lowest BCUT2D eigenvalue weighted by Crippen LogP contribution is -2.43. The molecule has 0 fully saturated rings. The molecule has 0 bridgehead atoms. The van der Waals surface area contributed by atoms with Crippen LogP contribution in [0.2, 0.25) is 5.02 Å². The molecular formula is C17H17ClN2O5. The summed E-state index contributed by atoms with van der Waals surface area (Å²) in [5.74, 6) is -0.0512. The number of methoxy groups -OCH3 is 2. The summed E-state index contributed by atoms with van der Waals surface area (Å²) in [5.41, 5.74) is 4.76. The Balaban J connectivity index is 1.92. The van der Waals surface area contributed by atoms with Gasteiger partial charge in [-0.2, -0.15) is 0 Å². The molecule has 0 unspecified atom stereocenters. The van der Waals surface area contributed by atoms with Gasteiger partial charge in [0.1, 0.15) is 5.75 Å². The van der Waals surface area contributed by atoms with E-state index in [-0.39, 0.29) is 17.9 Å². The fourth-order valence-electron chi connectivity index (χ4n) is 2.00. The average Bonchev–Trinajstić information content (AvgIpc) is 2.64. The molecule has 2 aromatic carbocycles. The molecule has 0 radical (unpaired) electrons. The topological polar surface area (TPSA) is 85.9 Å². The number of carbonyl (C=O) groups excluding carboxylic acids is 2. The molecule has 0 aliphatic heterocycles. The SMILES string of the molecule is COc1cccc(C(=O)NNC(=O)COc2ccccc2Cl)c1OC. The molecule has 2 amide bonds. The van der Waals surface area contributed by atoms with Crippen molar-refractivity contribution in [1.82, 2.24) is 10.9 Å². The maximum Gasteiger partial charge on any atom is 0.276 e. The van der Waals surface area contributed by atoms with Crippen LogP contribution >= 0.6 is 11.6 Å². The lowest BCUT2D eigenvalue weighted by molar-refractivity contribution is -0.123. The highest BCUT2D eigenvalue weighted by atomic mass is 35.5. The third-order valence-electron chi connectivity index (χ3n) is 3.16. The molecule has 0 saturated carbocycles. The van der Waals surface area contributed by atoms with E-state index in [2.05, 4.69) is 10.9 Å². The molecule has 2 aromatic rings. The molecule has 8 heteroatoms. The van der Waals surface area contributed by atoms with Gasteiger partial charge in [-0.15, -0.1) is 0 Å². The van der Waals surface area contributed by atoms with E-state index in [1.54, 1.807) is 42.5 Å². The van der Waals surface area contributed by atoms with Crippen LogP contribution < -0.4 is 25.1 Å². The Bertz CT molecular complexity index is 766. The second kappa shape index (κ2) is 8.79. The lowest BCUT2D eigenvalue weighted by atomic mass is 10.2. The van der Waals surface area contributed by atoms with E-state index >= 15 is 0 Å². The van der Waals surface area contributed by atoms with Gasteiger partial charge in [0, 0.05) is 0 Å². The van der Waals surface area contributed by atoms with Gasteiger partial charge in [-0.1, -0.05) is 29.8 Å². The molecule has 0 saturated heterocycles. The fourth-order valence-corrected chi connectivity index (χ4v) is 2.19. The molecule has 2 N–H and O–H groups in total. The zero-order valence-corrected chi connectivity index (χ0v) is 14.4. The standard InChI is InChI=1S/C17H17ClN2O5/c1-23-14-9-5-6-11(16(14)24-2)17(22)20-19-15(21)10-25-13-8-4-3-7-12(13)18/h3-9H,10H2,1-2H3,(H,19,21)(H,20,22). The van der Waals surface area contributed by atoms with Gasteiger partial charge in [0.2, 0.25) is 0 Å². The molecule has 0 spiro atoms. The Morgan fingerprint density at radius 1 is 0.960 bits per heavy atom. The number of nitrogens with one attached hydrogen (secondary N) is 2. The predicted octanol–water partition coefficient (Wildman–Crippen LogP) is 2.20. The molecular weight excluding hydrogens is 348 g/mol. The molecule has 25 heavy (non-hydrogen) atoms. The molecule has 0 aliphatic carbocycles. The first-order valence-electron chi connectivity index (χ1n) is 7.24. The Morgan fingerprint density at radius 3 is 2.36 bits per heavy atom. The first-order valence-corrected chi connectivity index (χ1v) is 7.62. The molecule has 0 atom stereocenters. The van der Waals surface area contributed by atoms with Crippen LogP contribution in [-0.4, -0.2) is 32.6 Å². The summed E-state index contributed by atoms with van der Waals surface area (Å²) in [6.07, 6.45) is 0. The van der Waals surface area contributed by atoms with E-state index in [0.29, 0.717) is 16.5 Å². The van der Waals surface area contributed by atoms with Crippen molar-refractivity contribution < 1.29 is 23.8 Å². The van der Waals surface area contributed by atoms with Crippen LogP contribution in [0.4, 0.5) is 0 Å². The Kier molecular flexibility index (Phi) is 6.47. The number of halogens is 1. The van der Waals surface area contributed by atoms with Crippen molar-refractivity contribution in [2.45, 2.75) is 0 Å². The second-order valence-electron chi connectivity index (χ2n) is 4.76. The van der Waals surface area contributed by atoms with Gasteiger partial charge in [-0.3, -0.25) is 20.4 Å². The Morgan fingerprint density at radius 2 is 1.68 bits per heavy atom. The highest BCUT2D eigenvalue weighted by molar-refractivity contribution is 6.32. The van der Waals surface area contributed by atoms with Crippen molar-refractivity contribution in [3.8, 4) is 17.2 Å². The van der Waals surface area contributed by atoms with Gasteiger partial charge in [0.15, 0.2) is 18.1 Å². The third kappa shape index (κ3) is 4.77. The largest absolute Gasteiger partial charge is 0.493 e. The van der Waals surface area contributed by atoms with Crippen LogP contribution in [0, 0.1) is 0 Å². The van der Waals surface area contributed by atoms with Gasteiger partial charge in [-0.05, 0) is 24.3 Å². The van der Waals surface area contributed by atoms with Crippen molar-refractivity contribution in [3.63, 3.8) is 0 Å². The van der Waals surface area contributed by atoms with Crippen molar-refractivity contribution in [1.29, 1.82) is 0 Å². The van der Waals surface area contributed by atoms with E-state index in [0.717, 1.165) is 0 Å². The van der Waals surface area contributed by atoms with Crippen LogP contribution in [0.1, 0.15) is 10.4 Å². The number of carbonyl (C=O) groups is 2. The van der Waals surface area contributed by atoms with Crippen LogP contribution in [0.3, 0.4) is 0 Å². The quantitative estimate of drug-likeness (QED) is 0.767. The summed E-state index contributed by atoms with van der Waals surface area (Å²) >= 11 is 5.92. The maximum absolute atomic E-state index is 12.2. The lowest BCUT2D eigenvalue weighted by Gasteiger charge is -2.13. The van der Waals surface area contributed by atoms with Crippen molar-refractivity contribution in [2.75, 3.05) is 20.8 Å². The highest BCUT2D eigenvalue weighted by Gasteiger charge is 2.17. The van der Waals surface area contributed by atoms with Crippen LogP contribution in [0.15, 0.2) is 42.5 Å². The summed E-state index contributed by atoms with van der Waals surface area (Å²) in [7, 11) is 2.89. The van der Waals surface area contributed by atoms with Gasteiger partial charge >= 0.3 is 0 Å². The summed E-state index contributed by atoms with van der Waals surface area (Å²) in [4.78, 5) is 24.0. The van der Waals surface area contributed by atoms with Crippen molar-refractivity contribution in [2.24, 2.45) is 0 Å². The van der Waals surface area contributed by atoms with Crippen LogP contribution in [0.5, 0.6) is 17.2 Å². The predicted molar refractivity (Wildman–Crippen MR) is 92.1 cm³/mol. The first-order chi connectivity index (χ1) is 12.1. The number of rotatable bonds is 6. The molecule has 7 nitrogen and oxygen atoms in total. The zero-order chi connectivity index (χ0) is 18.2. The number of hydrogen-bond donors (Lipinski definition) is 2. The number of hydrogen-bond acceptors (Lipinski definition) is 5. The number of amides is 2. The van der Waals surface area contributed by atoms with Crippen LogP contribution in [-0.2, 0) is 4.79 Å². The highest BCUT2D eigenvalue weighted by Crippen LogP contribution is 2.30. The van der Waals surface area contributed by atoms with E-state index in [9.17, 15) is 9.59 Å². The minimum absolute atomic E-state index is 0.217. The normalized spacial score (nSPS) is 9.88. The van der Waals surface area contributed by atoms with Gasteiger partial charge in [0.05, 0.1) is 24.8 Å². The first kappa shape index (κ1) is 18.4. The number of benzene rings is 2. The van der Waals surface area contributed by atoms with Crippen LogP contribution in [0.25, 0.3) is 0 Å².